The Balaban J connectivity index is 1.34. The minimum Gasteiger partial charge on any atom is -0.411 e. The van der Waals surface area contributed by atoms with Crippen molar-refractivity contribution in [1.29, 1.82) is 0 Å². The third-order valence-corrected chi connectivity index (χ3v) is 5.90. The van der Waals surface area contributed by atoms with Gasteiger partial charge in [-0.15, -0.1) is 20.4 Å². The Morgan fingerprint density at radius 1 is 1.10 bits per heavy atom. The minimum atomic E-state index is -0.182. The van der Waals surface area contributed by atoms with Crippen LogP contribution in [0.5, 0.6) is 0 Å². The first-order chi connectivity index (χ1) is 14.2. The fraction of sp³-hybridized carbons (Fsp3) is 0.250. The van der Waals surface area contributed by atoms with Gasteiger partial charge in [-0.05, 0) is 29.3 Å². The lowest BCUT2D eigenvalue weighted by Crippen LogP contribution is -2.13. The standard InChI is InChI=1S/C20H19N5O2S2/c1-2-3-8-17-22-24-19(29-17)21-16(26)12-28-20-25-23-18(27-20)15-10-9-13-6-4-5-7-14(13)11-15/h4-7,9-11H,2-3,8,12H2,1H3,(H,21,24,26). The van der Waals surface area contributed by atoms with Crippen LogP contribution in [0.25, 0.3) is 22.2 Å². The first-order valence-corrected chi connectivity index (χ1v) is 11.1. The zero-order chi connectivity index (χ0) is 20.1. The molecule has 0 radical (unpaired) electrons. The van der Waals surface area contributed by atoms with Crippen LogP contribution in [0.4, 0.5) is 5.13 Å². The number of anilines is 1. The maximum atomic E-state index is 12.1. The Morgan fingerprint density at radius 3 is 2.83 bits per heavy atom. The summed E-state index contributed by atoms with van der Waals surface area (Å²) in [4.78, 5) is 12.1. The number of fused-ring (bicyclic) bond motifs is 1. The first kappa shape index (κ1) is 19.5. The van der Waals surface area contributed by atoms with Crippen LogP contribution >= 0.6 is 23.1 Å². The van der Waals surface area contributed by atoms with Gasteiger partial charge in [0.15, 0.2) is 0 Å². The number of nitrogens with one attached hydrogen (secondary N) is 1. The topological polar surface area (TPSA) is 93.8 Å². The van der Waals surface area contributed by atoms with Gasteiger partial charge in [-0.2, -0.15) is 0 Å². The van der Waals surface area contributed by atoms with Gasteiger partial charge in [-0.3, -0.25) is 10.1 Å². The van der Waals surface area contributed by atoms with Crippen molar-refractivity contribution < 1.29 is 9.21 Å². The third kappa shape index (κ3) is 4.99. The number of unbranched alkanes of at least 4 members (excludes halogenated alkanes) is 1. The molecule has 0 saturated carbocycles. The van der Waals surface area contributed by atoms with Gasteiger partial charge in [-0.25, -0.2) is 0 Å². The summed E-state index contributed by atoms with van der Waals surface area (Å²) in [5.74, 6) is 0.408. The normalized spacial score (nSPS) is 11.1. The summed E-state index contributed by atoms with van der Waals surface area (Å²) in [7, 11) is 0. The van der Waals surface area contributed by atoms with Crippen LogP contribution in [0.3, 0.4) is 0 Å². The molecule has 0 aliphatic rings. The van der Waals surface area contributed by atoms with E-state index in [2.05, 4.69) is 38.7 Å². The van der Waals surface area contributed by atoms with Crippen molar-refractivity contribution in [3.05, 3.63) is 47.5 Å². The van der Waals surface area contributed by atoms with E-state index >= 15 is 0 Å². The highest BCUT2D eigenvalue weighted by atomic mass is 32.2. The van der Waals surface area contributed by atoms with Crippen molar-refractivity contribution in [2.45, 2.75) is 31.4 Å². The smallest absolute Gasteiger partial charge is 0.277 e. The van der Waals surface area contributed by atoms with E-state index < -0.39 is 0 Å². The van der Waals surface area contributed by atoms with Gasteiger partial charge in [0.25, 0.3) is 5.22 Å². The van der Waals surface area contributed by atoms with Crippen molar-refractivity contribution in [1.82, 2.24) is 20.4 Å². The number of rotatable bonds is 8. The van der Waals surface area contributed by atoms with Gasteiger partial charge < -0.3 is 4.42 Å². The highest BCUT2D eigenvalue weighted by Crippen LogP contribution is 2.26. The molecule has 1 N–H and O–H groups in total. The van der Waals surface area contributed by atoms with Crippen molar-refractivity contribution in [2.24, 2.45) is 0 Å². The largest absolute Gasteiger partial charge is 0.411 e. The number of hydrogen-bond acceptors (Lipinski definition) is 8. The molecule has 0 bridgehead atoms. The van der Waals surface area contributed by atoms with Gasteiger partial charge in [0.1, 0.15) is 5.01 Å². The fourth-order valence-corrected chi connectivity index (χ4v) is 4.08. The summed E-state index contributed by atoms with van der Waals surface area (Å²) >= 11 is 2.60. The van der Waals surface area contributed by atoms with Crippen molar-refractivity contribution >= 4 is 44.9 Å². The molecule has 9 heteroatoms. The molecule has 0 spiro atoms. The lowest BCUT2D eigenvalue weighted by Gasteiger charge is -2.00. The van der Waals surface area contributed by atoms with Gasteiger partial charge in [0.05, 0.1) is 5.75 Å². The molecule has 0 unspecified atom stereocenters. The zero-order valence-electron chi connectivity index (χ0n) is 15.8. The van der Waals surface area contributed by atoms with Gasteiger partial charge in [0.2, 0.25) is 16.9 Å². The molecule has 0 aliphatic heterocycles. The summed E-state index contributed by atoms with van der Waals surface area (Å²) in [6.07, 6.45) is 3.05. The van der Waals surface area contributed by atoms with E-state index in [-0.39, 0.29) is 11.7 Å². The molecule has 2 aromatic carbocycles. The number of benzene rings is 2. The Labute approximate surface area is 176 Å². The number of nitrogens with zero attached hydrogens (tertiary/aromatic N) is 4. The van der Waals surface area contributed by atoms with E-state index in [9.17, 15) is 4.79 Å². The molecule has 0 aliphatic carbocycles. The van der Waals surface area contributed by atoms with Crippen LogP contribution < -0.4 is 5.32 Å². The molecule has 4 rings (SSSR count). The Bertz CT molecular complexity index is 1120. The summed E-state index contributed by atoms with van der Waals surface area (Å²) in [6, 6.07) is 14.1. The predicted octanol–water partition coefficient (Wildman–Crippen LogP) is 4.81. The first-order valence-electron chi connectivity index (χ1n) is 9.29. The lowest BCUT2D eigenvalue weighted by atomic mass is 10.1. The van der Waals surface area contributed by atoms with Gasteiger partial charge in [0, 0.05) is 12.0 Å². The van der Waals surface area contributed by atoms with Crippen LogP contribution in [-0.4, -0.2) is 32.1 Å². The van der Waals surface area contributed by atoms with E-state index in [1.807, 2.05) is 36.4 Å². The van der Waals surface area contributed by atoms with E-state index in [0.29, 0.717) is 16.2 Å². The average Bonchev–Trinajstić information content (AvgIpc) is 3.40. The van der Waals surface area contributed by atoms with E-state index in [4.69, 9.17) is 4.42 Å². The molecular formula is C20H19N5O2S2. The van der Waals surface area contributed by atoms with Crippen molar-refractivity contribution in [3.8, 4) is 11.5 Å². The highest BCUT2D eigenvalue weighted by Gasteiger charge is 2.13. The molecule has 0 fully saturated rings. The molecule has 2 aromatic heterocycles. The summed E-state index contributed by atoms with van der Waals surface area (Å²) in [5, 5.41) is 23.0. The molecule has 7 nitrogen and oxygen atoms in total. The maximum Gasteiger partial charge on any atom is 0.277 e. The Hall–Kier alpha value is -2.78. The van der Waals surface area contributed by atoms with E-state index in [1.165, 1.54) is 23.1 Å². The van der Waals surface area contributed by atoms with Crippen molar-refractivity contribution in [2.75, 3.05) is 11.1 Å². The summed E-state index contributed by atoms with van der Waals surface area (Å²) in [5.41, 5.74) is 0.848. The van der Waals surface area contributed by atoms with Crippen LogP contribution in [0.15, 0.2) is 52.1 Å². The SMILES string of the molecule is CCCCc1nnc(NC(=O)CSc2nnc(-c3ccc4ccccc4c3)o2)s1. The van der Waals surface area contributed by atoms with E-state index in [0.717, 1.165) is 40.6 Å². The highest BCUT2D eigenvalue weighted by molar-refractivity contribution is 7.99. The number of carbonyl (C=O) groups excluding carboxylic acids is 1. The number of amides is 1. The van der Waals surface area contributed by atoms with Gasteiger partial charge >= 0.3 is 0 Å². The maximum absolute atomic E-state index is 12.1. The quantitative estimate of drug-likeness (QED) is 0.405. The van der Waals surface area contributed by atoms with Crippen LogP contribution in [-0.2, 0) is 11.2 Å². The minimum absolute atomic E-state index is 0.156. The summed E-state index contributed by atoms with van der Waals surface area (Å²) in [6.45, 7) is 2.13. The predicted molar refractivity (Wildman–Crippen MR) is 115 cm³/mol. The second-order valence-corrected chi connectivity index (χ2v) is 8.37. The molecule has 29 heavy (non-hydrogen) atoms. The average molecular weight is 426 g/mol. The molecular weight excluding hydrogens is 406 g/mol. The molecule has 2 heterocycles. The second-order valence-electron chi connectivity index (χ2n) is 6.38. The monoisotopic (exact) mass is 425 g/mol. The molecule has 4 aromatic rings. The molecule has 1 amide bonds. The zero-order valence-corrected chi connectivity index (χ0v) is 17.4. The number of aromatic nitrogens is 4. The number of thioether (sulfide) groups is 1. The van der Waals surface area contributed by atoms with Crippen LogP contribution in [0.2, 0.25) is 0 Å². The molecule has 0 atom stereocenters. The third-order valence-electron chi connectivity index (χ3n) is 4.19. The Morgan fingerprint density at radius 2 is 1.97 bits per heavy atom. The summed E-state index contributed by atoms with van der Waals surface area (Å²) < 4.78 is 5.70. The van der Waals surface area contributed by atoms with Crippen LogP contribution in [0, 0.1) is 0 Å². The number of carbonyl (C=O) groups is 1. The number of aryl methyl sites for hydroxylation is 1. The molecule has 148 valence electrons. The van der Waals surface area contributed by atoms with Crippen molar-refractivity contribution in [3.63, 3.8) is 0 Å². The van der Waals surface area contributed by atoms with E-state index in [1.54, 1.807) is 0 Å². The fourth-order valence-electron chi connectivity index (χ4n) is 2.72. The number of hydrogen-bond donors (Lipinski definition) is 1. The van der Waals surface area contributed by atoms with Crippen LogP contribution in [0.1, 0.15) is 24.8 Å². The second kappa shape index (κ2) is 9.15. The lowest BCUT2D eigenvalue weighted by molar-refractivity contribution is -0.113. The molecule has 0 saturated heterocycles. The Kier molecular flexibility index (Phi) is 6.16. The van der Waals surface area contributed by atoms with Gasteiger partial charge in [-0.1, -0.05) is 66.8 Å².